The topological polar surface area (TPSA) is 200 Å². The fourth-order valence-electron chi connectivity index (χ4n) is 8.11. The van der Waals surface area contributed by atoms with Crippen molar-refractivity contribution in [2.24, 2.45) is 11.3 Å². The second-order valence-corrected chi connectivity index (χ2v) is 13.5. The Hall–Kier alpha value is -5.02. The summed E-state index contributed by atoms with van der Waals surface area (Å²) in [6.07, 6.45) is 1.39. The Bertz CT molecular complexity index is 1750. The molecular formula is C35H37NO14. The van der Waals surface area contributed by atoms with Gasteiger partial charge in [0.1, 0.15) is 42.9 Å². The summed E-state index contributed by atoms with van der Waals surface area (Å²) in [7, 11) is 0. The highest BCUT2D eigenvalue weighted by Gasteiger charge is 2.87. The van der Waals surface area contributed by atoms with Gasteiger partial charge in [-0.15, -0.1) is 0 Å². The third-order valence-electron chi connectivity index (χ3n) is 10.0. The van der Waals surface area contributed by atoms with Gasteiger partial charge in [-0.3, -0.25) is 14.6 Å². The number of fused-ring (bicyclic) bond motifs is 1. The molecule has 1 saturated heterocycles. The van der Waals surface area contributed by atoms with Crippen molar-refractivity contribution in [3.8, 4) is 0 Å². The van der Waals surface area contributed by atoms with Gasteiger partial charge in [-0.1, -0.05) is 0 Å². The SMILES string of the molecule is CC(=O)OC[C@@]12[C@@H](OC(=O)c3cccnc3)CC[C@](C)(O)[C@]13OC(C)(C)[C@H]([C@@H](OC(C)=O)[C@H]2OC(=O)c1ccoc1)[C@H]3OC(=O)c1ccoc1. The molecule has 15 heteroatoms. The van der Waals surface area contributed by atoms with Crippen LogP contribution >= 0.6 is 0 Å². The molecule has 8 atom stereocenters. The summed E-state index contributed by atoms with van der Waals surface area (Å²) < 4.78 is 47.5. The Balaban J connectivity index is 1.64. The minimum Gasteiger partial charge on any atom is -0.472 e. The molecule has 1 spiro atoms. The van der Waals surface area contributed by atoms with Crippen molar-refractivity contribution in [3.05, 3.63) is 78.4 Å². The molecular weight excluding hydrogens is 658 g/mol. The van der Waals surface area contributed by atoms with E-state index in [9.17, 15) is 29.1 Å². The summed E-state index contributed by atoms with van der Waals surface area (Å²) >= 11 is 0. The zero-order chi connectivity index (χ0) is 36.1. The molecule has 3 aromatic heterocycles. The van der Waals surface area contributed by atoms with Gasteiger partial charge < -0.3 is 42.4 Å². The Kier molecular flexibility index (Phi) is 8.85. The van der Waals surface area contributed by atoms with E-state index in [1.54, 1.807) is 13.8 Å². The maximum Gasteiger partial charge on any atom is 0.341 e. The van der Waals surface area contributed by atoms with E-state index in [-0.39, 0.29) is 29.5 Å². The highest BCUT2D eigenvalue weighted by atomic mass is 16.6. The van der Waals surface area contributed by atoms with E-state index in [1.807, 2.05) is 0 Å². The van der Waals surface area contributed by atoms with Crippen LogP contribution in [0.3, 0.4) is 0 Å². The first kappa shape index (κ1) is 34.8. The number of ether oxygens (including phenoxy) is 6. The fraction of sp³-hybridized carbons (Fsp3) is 0.486. The van der Waals surface area contributed by atoms with Crippen LogP contribution in [-0.4, -0.2) is 87.8 Å². The van der Waals surface area contributed by atoms with E-state index < -0.39 is 89.0 Å². The highest BCUT2D eigenvalue weighted by Crippen LogP contribution is 2.69. The molecule has 1 aliphatic heterocycles. The van der Waals surface area contributed by atoms with Crippen molar-refractivity contribution in [1.82, 2.24) is 4.98 Å². The molecule has 2 saturated carbocycles. The first-order valence-electron chi connectivity index (χ1n) is 15.9. The summed E-state index contributed by atoms with van der Waals surface area (Å²) in [4.78, 5) is 70.9. The second-order valence-electron chi connectivity index (χ2n) is 13.5. The third kappa shape index (κ3) is 5.54. The van der Waals surface area contributed by atoms with E-state index in [4.69, 9.17) is 37.3 Å². The van der Waals surface area contributed by atoms with Crippen LogP contribution in [0.25, 0.3) is 0 Å². The molecule has 3 aromatic rings. The molecule has 0 aromatic carbocycles. The normalized spacial score (nSPS) is 32.2. The van der Waals surface area contributed by atoms with Gasteiger partial charge in [0.2, 0.25) is 0 Å². The molecule has 2 bridgehead atoms. The minimum atomic E-state index is -2.15. The molecule has 50 heavy (non-hydrogen) atoms. The summed E-state index contributed by atoms with van der Waals surface area (Å²) in [5.41, 5.74) is -7.55. The van der Waals surface area contributed by atoms with E-state index in [1.165, 1.54) is 62.4 Å². The smallest absolute Gasteiger partial charge is 0.341 e. The zero-order valence-corrected chi connectivity index (χ0v) is 28.0. The lowest BCUT2D eigenvalue weighted by Gasteiger charge is -2.65. The van der Waals surface area contributed by atoms with Crippen LogP contribution in [0.2, 0.25) is 0 Å². The van der Waals surface area contributed by atoms with E-state index in [0.29, 0.717) is 0 Å². The number of furan rings is 2. The number of aromatic nitrogens is 1. The Morgan fingerprint density at radius 1 is 0.840 bits per heavy atom. The lowest BCUT2D eigenvalue weighted by Crippen LogP contribution is -2.83. The van der Waals surface area contributed by atoms with Gasteiger partial charge in [0.25, 0.3) is 0 Å². The van der Waals surface area contributed by atoms with Gasteiger partial charge in [-0.05, 0) is 57.9 Å². The van der Waals surface area contributed by atoms with Crippen LogP contribution in [0, 0.1) is 11.3 Å². The Morgan fingerprint density at radius 2 is 1.46 bits per heavy atom. The van der Waals surface area contributed by atoms with Gasteiger partial charge in [-0.2, -0.15) is 0 Å². The standard InChI is InChI=1S/C35H37NO14/c1-19(37)45-18-34-24(47-29(39)21-7-6-12-36-15-21)8-11-33(5,42)35(34)27(48-30(40)22-9-13-43-16-22)25(32(3,4)50-35)26(46-20(2)38)28(34)49-31(41)23-10-14-44-17-23/h6-7,9-10,12-17,24-28,42H,8,11,18H2,1-5H3/t24-,25+,26+,27+,28+,33-,34-,35-/m0/s1. The summed E-state index contributed by atoms with van der Waals surface area (Å²) in [6.45, 7) is 6.29. The minimum absolute atomic E-state index is 0.0178. The summed E-state index contributed by atoms with van der Waals surface area (Å²) in [5.74, 6) is -5.37. The molecule has 0 amide bonds. The zero-order valence-electron chi connectivity index (χ0n) is 28.0. The van der Waals surface area contributed by atoms with Crippen molar-refractivity contribution in [2.75, 3.05) is 6.61 Å². The first-order valence-corrected chi connectivity index (χ1v) is 15.9. The van der Waals surface area contributed by atoms with Crippen LogP contribution in [-0.2, 0) is 38.0 Å². The van der Waals surface area contributed by atoms with Crippen LogP contribution in [0.15, 0.2) is 70.5 Å². The number of carbonyl (C=O) groups excluding carboxylic acids is 5. The maximum absolute atomic E-state index is 13.8. The van der Waals surface area contributed by atoms with Crippen LogP contribution in [0.4, 0.5) is 0 Å². The van der Waals surface area contributed by atoms with Crippen molar-refractivity contribution in [2.45, 2.75) is 88.7 Å². The van der Waals surface area contributed by atoms with Crippen LogP contribution < -0.4 is 0 Å². The van der Waals surface area contributed by atoms with Crippen molar-refractivity contribution in [1.29, 1.82) is 0 Å². The lowest BCUT2D eigenvalue weighted by molar-refractivity contribution is -0.346. The van der Waals surface area contributed by atoms with Crippen molar-refractivity contribution >= 4 is 29.8 Å². The van der Waals surface area contributed by atoms with Crippen molar-refractivity contribution < 1.29 is 66.3 Å². The van der Waals surface area contributed by atoms with Crippen LogP contribution in [0.5, 0.6) is 0 Å². The average Bonchev–Trinajstić information content (AvgIpc) is 3.82. The van der Waals surface area contributed by atoms with Gasteiger partial charge in [-0.25, -0.2) is 14.4 Å². The summed E-state index contributed by atoms with van der Waals surface area (Å²) in [6, 6.07) is 5.73. The fourth-order valence-corrected chi connectivity index (χ4v) is 8.11. The molecule has 2 aliphatic carbocycles. The van der Waals surface area contributed by atoms with Gasteiger partial charge in [0, 0.05) is 26.2 Å². The van der Waals surface area contributed by atoms with Crippen LogP contribution in [0.1, 0.15) is 78.5 Å². The Morgan fingerprint density at radius 3 is 2.00 bits per heavy atom. The largest absolute Gasteiger partial charge is 0.472 e. The lowest BCUT2D eigenvalue weighted by atomic mass is 9.46. The molecule has 4 heterocycles. The second kappa shape index (κ2) is 12.7. The quantitative estimate of drug-likeness (QED) is 0.252. The molecule has 15 nitrogen and oxygen atoms in total. The van der Waals surface area contributed by atoms with Crippen molar-refractivity contribution in [3.63, 3.8) is 0 Å². The number of nitrogens with zero attached hydrogens (tertiary/aromatic N) is 1. The monoisotopic (exact) mass is 695 g/mol. The van der Waals surface area contributed by atoms with Gasteiger partial charge in [0.15, 0.2) is 11.7 Å². The predicted molar refractivity (Wildman–Crippen MR) is 165 cm³/mol. The number of rotatable bonds is 9. The molecule has 266 valence electrons. The first-order chi connectivity index (χ1) is 23.6. The number of hydrogen-bond donors (Lipinski definition) is 1. The third-order valence-corrected chi connectivity index (χ3v) is 10.0. The molecule has 0 radical (unpaired) electrons. The highest BCUT2D eigenvalue weighted by molar-refractivity contribution is 5.90. The number of pyridine rings is 1. The number of esters is 5. The van der Waals surface area contributed by atoms with E-state index in [0.717, 1.165) is 20.1 Å². The molecule has 6 rings (SSSR count). The van der Waals surface area contributed by atoms with E-state index in [2.05, 4.69) is 4.98 Å². The van der Waals surface area contributed by atoms with Gasteiger partial charge in [0.05, 0.1) is 46.3 Å². The molecule has 3 aliphatic rings. The van der Waals surface area contributed by atoms with E-state index >= 15 is 0 Å². The Labute approximate surface area is 286 Å². The molecule has 1 N–H and O–H groups in total. The molecule has 3 fully saturated rings. The number of aliphatic hydroxyl groups is 1. The summed E-state index contributed by atoms with van der Waals surface area (Å²) in [5, 5.41) is 12.6. The average molecular weight is 696 g/mol. The molecule has 0 unspecified atom stereocenters. The predicted octanol–water partition coefficient (Wildman–Crippen LogP) is 3.45. The number of carbonyl (C=O) groups is 5. The number of hydrogen-bond acceptors (Lipinski definition) is 15. The van der Waals surface area contributed by atoms with Gasteiger partial charge >= 0.3 is 29.8 Å². The maximum atomic E-state index is 13.8.